The van der Waals surface area contributed by atoms with Crippen LogP contribution in [0.1, 0.15) is 38.4 Å². The van der Waals surface area contributed by atoms with Crippen LogP contribution in [0.3, 0.4) is 0 Å². The van der Waals surface area contributed by atoms with E-state index in [0.29, 0.717) is 0 Å². The summed E-state index contributed by atoms with van der Waals surface area (Å²) >= 11 is 2.06. The van der Waals surface area contributed by atoms with Crippen molar-refractivity contribution in [1.29, 1.82) is 0 Å². The molecule has 1 aromatic rings. The molecule has 5 nitrogen and oxygen atoms in total. The van der Waals surface area contributed by atoms with Gasteiger partial charge in [0.05, 0.1) is 5.54 Å². The van der Waals surface area contributed by atoms with Gasteiger partial charge in [0.25, 0.3) is 0 Å². The number of piperazine rings is 1. The maximum atomic E-state index is 5.53. The zero-order valence-electron chi connectivity index (χ0n) is 13.1. The second-order valence-corrected chi connectivity index (χ2v) is 7.79. The van der Waals surface area contributed by atoms with E-state index < -0.39 is 0 Å². The average molecular weight is 310 g/mol. The van der Waals surface area contributed by atoms with Crippen LogP contribution in [-0.4, -0.2) is 52.7 Å². The predicted octanol–water partition coefficient (Wildman–Crippen LogP) is 1.90. The standard InChI is InChI=1S/C15H26N4OS/c1-15(2,19-7-5-16-6-8-19)14-17-13(20-18-14)11-12-3-9-21-10-4-12/h12,16H,3-11H2,1-2H3. The van der Waals surface area contributed by atoms with Crippen LogP contribution in [0, 0.1) is 5.92 Å². The van der Waals surface area contributed by atoms with Crippen molar-refractivity contribution in [2.75, 3.05) is 37.7 Å². The molecule has 6 heteroatoms. The van der Waals surface area contributed by atoms with Gasteiger partial charge in [0, 0.05) is 32.6 Å². The molecule has 0 spiro atoms. The molecule has 118 valence electrons. The molecule has 0 saturated carbocycles. The highest BCUT2D eigenvalue weighted by Crippen LogP contribution is 2.28. The van der Waals surface area contributed by atoms with E-state index in [1.54, 1.807) is 0 Å². The summed E-state index contributed by atoms with van der Waals surface area (Å²) in [5, 5.41) is 7.66. The Morgan fingerprint density at radius 3 is 2.71 bits per heavy atom. The van der Waals surface area contributed by atoms with Crippen LogP contribution in [0.5, 0.6) is 0 Å². The van der Waals surface area contributed by atoms with Gasteiger partial charge in [0.1, 0.15) is 0 Å². The van der Waals surface area contributed by atoms with Gasteiger partial charge in [-0.05, 0) is 44.1 Å². The molecule has 0 aromatic carbocycles. The van der Waals surface area contributed by atoms with E-state index >= 15 is 0 Å². The molecule has 2 aliphatic heterocycles. The molecule has 1 N–H and O–H groups in total. The number of aromatic nitrogens is 2. The highest BCUT2D eigenvalue weighted by atomic mass is 32.2. The van der Waals surface area contributed by atoms with Crippen molar-refractivity contribution < 1.29 is 4.52 Å². The van der Waals surface area contributed by atoms with Gasteiger partial charge >= 0.3 is 0 Å². The Balaban J connectivity index is 1.65. The van der Waals surface area contributed by atoms with E-state index in [1.807, 2.05) is 0 Å². The van der Waals surface area contributed by atoms with Gasteiger partial charge in [-0.15, -0.1) is 0 Å². The Bertz CT molecular complexity index is 450. The van der Waals surface area contributed by atoms with Crippen molar-refractivity contribution in [2.24, 2.45) is 5.92 Å². The molecule has 3 rings (SSSR count). The fraction of sp³-hybridized carbons (Fsp3) is 0.867. The molecule has 0 aliphatic carbocycles. The van der Waals surface area contributed by atoms with Crippen molar-refractivity contribution in [3.05, 3.63) is 11.7 Å². The molecule has 0 radical (unpaired) electrons. The van der Waals surface area contributed by atoms with Crippen molar-refractivity contribution in [1.82, 2.24) is 20.4 Å². The summed E-state index contributed by atoms with van der Waals surface area (Å²) in [4.78, 5) is 7.14. The fourth-order valence-electron chi connectivity index (χ4n) is 3.15. The maximum Gasteiger partial charge on any atom is 0.226 e. The molecule has 0 amide bonds. The number of hydrogen-bond donors (Lipinski definition) is 1. The molecular weight excluding hydrogens is 284 g/mol. The second kappa shape index (κ2) is 6.67. The van der Waals surface area contributed by atoms with Gasteiger partial charge in [-0.3, -0.25) is 4.90 Å². The number of thioether (sulfide) groups is 1. The molecule has 1 aromatic heterocycles. The summed E-state index contributed by atoms with van der Waals surface area (Å²) in [5.74, 6) is 4.94. The Hall–Kier alpha value is -0.590. The lowest BCUT2D eigenvalue weighted by molar-refractivity contribution is 0.0924. The average Bonchev–Trinajstić information content (AvgIpc) is 2.98. The van der Waals surface area contributed by atoms with Gasteiger partial charge in [-0.2, -0.15) is 16.7 Å². The monoisotopic (exact) mass is 310 g/mol. The van der Waals surface area contributed by atoms with Crippen LogP contribution < -0.4 is 5.32 Å². The highest BCUT2D eigenvalue weighted by molar-refractivity contribution is 7.99. The first-order valence-corrected chi connectivity index (χ1v) is 9.18. The molecule has 0 atom stereocenters. The lowest BCUT2D eigenvalue weighted by Gasteiger charge is -2.38. The summed E-state index contributed by atoms with van der Waals surface area (Å²) in [6, 6.07) is 0. The first-order valence-electron chi connectivity index (χ1n) is 8.03. The summed E-state index contributed by atoms with van der Waals surface area (Å²) in [6.07, 6.45) is 3.51. The highest BCUT2D eigenvalue weighted by Gasteiger charge is 2.34. The van der Waals surface area contributed by atoms with Gasteiger partial charge in [0.15, 0.2) is 5.82 Å². The van der Waals surface area contributed by atoms with E-state index in [0.717, 1.165) is 50.2 Å². The van der Waals surface area contributed by atoms with Crippen molar-refractivity contribution in [3.63, 3.8) is 0 Å². The van der Waals surface area contributed by atoms with E-state index in [4.69, 9.17) is 9.51 Å². The number of rotatable bonds is 4. The van der Waals surface area contributed by atoms with Gasteiger partial charge in [-0.1, -0.05) is 5.16 Å². The normalized spacial score (nSPS) is 22.6. The Morgan fingerprint density at radius 2 is 2.00 bits per heavy atom. The zero-order valence-corrected chi connectivity index (χ0v) is 13.9. The van der Waals surface area contributed by atoms with Crippen LogP contribution in [0.25, 0.3) is 0 Å². The van der Waals surface area contributed by atoms with E-state index in [-0.39, 0.29) is 5.54 Å². The fourth-order valence-corrected chi connectivity index (χ4v) is 4.35. The van der Waals surface area contributed by atoms with Crippen LogP contribution in [-0.2, 0) is 12.0 Å². The number of nitrogens with zero attached hydrogens (tertiary/aromatic N) is 3. The lowest BCUT2D eigenvalue weighted by atomic mass is 9.98. The Labute approximate surface area is 131 Å². The first-order chi connectivity index (χ1) is 10.2. The van der Waals surface area contributed by atoms with Crippen LogP contribution in [0.4, 0.5) is 0 Å². The summed E-state index contributed by atoms with van der Waals surface area (Å²) in [7, 11) is 0. The molecule has 21 heavy (non-hydrogen) atoms. The minimum atomic E-state index is -0.147. The van der Waals surface area contributed by atoms with Crippen LogP contribution >= 0.6 is 11.8 Å². The quantitative estimate of drug-likeness (QED) is 0.916. The zero-order chi connectivity index (χ0) is 14.7. The summed E-state index contributed by atoms with van der Waals surface area (Å²) < 4.78 is 5.53. The molecule has 0 unspecified atom stereocenters. The third-order valence-corrected chi connectivity index (χ3v) is 5.78. The molecule has 3 heterocycles. The maximum absolute atomic E-state index is 5.53. The lowest BCUT2D eigenvalue weighted by Crippen LogP contribution is -2.52. The number of hydrogen-bond acceptors (Lipinski definition) is 6. The van der Waals surface area contributed by atoms with Gasteiger partial charge in [0.2, 0.25) is 5.89 Å². The summed E-state index contributed by atoms with van der Waals surface area (Å²) in [6.45, 7) is 8.55. The molecule has 0 bridgehead atoms. The van der Waals surface area contributed by atoms with E-state index in [1.165, 1.54) is 24.3 Å². The molecule has 2 saturated heterocycles. The minimum Gasteiger partial charge on any atom is -0.339 e. The van der Waals surface area contributed by atoms with Gasteiger partial charge < -0.3 is 9.84 Å². The molecule has 2 fully saturated rings. The van der Waals surface area contributed by atoms with Crippen molar-refractivity contribution in [3.8, 4) is 0 Å². The van der Waals surface area contributed by atoms with Crippen molar-refractivity contribution in [2.45, 2.75) is 38.6 Å². The van der Waals surface area contributed by atoms with Crippen LogP contribution in [0.15, 0.2) is 4.52 Å². The summed E-state index contributed by atoms with van der Waals surface area (Å²) in [5.41, 5.74) is -0.147. The third kappa shape index (κ3) is 3.60. The molecule has 2 aliphatic rings. The van der Waals surface area contributed by atoms with E-state index in [2.05, 4.69) is 41.0 Å². The second-order valence-electron chi connectivity index (χ2n) is 6.57. The minimum absolute atomic E-state index is 0.147. The van der Waals surface area contributed by atoms with Crippen molar-refractivity contribution >= 4 is 11.8 Å². The third-order valence-electron chi connectivity index (χ3n) is 4.73. The smallest absolute Gasteiger partial charge is 0.226 e. The number of nitrogens with one attached hydrogen (secondary N) is 1. The topological polar surface area (TPSA) is 54.2 Å². The van der Waals surface area contributed by atoms with Gasteiger partial charge in [-0.25, -0.2) is 0 Å². The first kappa shape index (κ1) is 15.3. The Kier molecular flexibility index (Phi) is 4.86. The Morgan fingerprint density at radius 1 is 1.29 bits per heavy atom. The molecular formula is C15H26N4OS. The SMILES string of the molecule is CC(C)(c1noc(CC2CCSCC2)n1)N1CCNCC1. The largest absolute Gasteiger partial charge is 0.339 e. The predicted molar refractivity (Wildman–Crippen MR) is 85.5 cm³/mol. The van der Waals surface area contributed by atoms with E-state index in [9.17, 15) is 0 Å². The van der Waals surface area contributed by atoms with Crippen LogP contribution in [0.2, 0.25) is 0 Å².